The summed E-state index contributed by atoms with van der Waals surface area (Å²) in [5, 5.41) is 6.88. The first kappa shape index (κ1) is 24.1. The summed E-state index contributed by atoms with van der Waals surface area (Å²) in [5.41, 5.74) is 1.12. The molecule has 164 valence electrons. The van der Waals surface area contributed by atoms with Crippen LogP contribution in [0.3, 0.4) is 0 Å². The molecule has 2 unspecified atom stereocenters. The van der Waals surface area contributed by atoms with Gasteiger partial charge in [0.05, 0.1) is 19.3 Å². The third-order valence-corrected chi connectivity index (χ3v) is 5.55. The average Bonchev–Trinajstić information content (AvgIpc) is 3.18. The van der Waals surface area contributed by atoms with Gasteiger partial charge >= 0.3 is 0 Å². The Morgan fingerprint density at radius 2 is 2.14 bits per heavy atom. The van der Waals surface area contributed by atoms with E-state index >= 15 is 0 Å². The smallest absolute Gasteiger partial charge is 0.191 e. The van der Waals surface area contributed by atoms with Crippen LogP contribution in [-0.2, 0) is 11.3 Å². The summed E-state index contributed by atoms with van der Waals surface area (Å²) in [4.78, 5) is 14.2. The van der Waals surface area contributed by atoms with Gasteiger partial charge in [-0.15, -0.1) is 24.0 Å². The molecule has 3 heterocycles. The van der Waals surface area contributed by atoms with E-state index in [2.05, 4.69) is 58.3 Å². The van der Waals surface area contributed by atoms with Crippen molar-refractivity contribution in [3.05, 3.63) is 23.9 Å². The number of halogens is 1. The average molecular weight is 516 g/mol. The molecular weight excluding hydrogens is 479 g/mol. The molecular formula is C21H37IN6O. The van der Waals surface area contributed by atoms with E-state index in [0.29, 0.717) is 12.6 Å². The van der Waals surface area contributed by atoms with Crippen molar-refractivity contribution in [3.8, 4) is 0 Å². The zero-order valence-electron chi connectivity index (χ0n) is 18.1. The number of rotatable bonds is 7. The topological polar surface area (TPSA) is 65.0 Å². The lowest BCUT2D eigenvalue weighted by Crippen LogP contribution is -2.44. The van der Waals surface area contributed by atoms with Crippen molar-refractivity contribution in [3.63, 3.8) is 0 Å². The molecule has 3 rings (SSSR count). The number of aromatic nitrogens is 1. The van der Waals surface area contributed by atoms with Crippen molar-refractivity contribution in [2.75, 3.05) is 50.8 Å². The summed E-state index contributed by atoms with van der Waals surface area (Å²) < 4.78 is 5.61. The monoisotopic (exact) mass is 516 g/mol. The predicted octanol–water partition coefficient (Wildman–Crippen LogP) is 2.46. The number of anilines is 1. The summed E-state index contributed by atoms with van der Waals surface area (Å²) >= 11 is 0. The maximum Gasteiger partial charge on any atom is 0.191 e. The Labute approximate surface area is 192 Å². The Balaban J connectivity index is 0.00000300. The van der Waals surface area contributed by atoms with Gasteiger partial charge in [-0.05, 0) is 51.4 Å². The lowest BCUT2D eigenvalue weighted by Gasteiger charge is -2.32. The Hall–Kier alpha value is -1.13. The van der Waals surface area contributed by atoms with Crippen LogP contribution in [0.15, 0.2) is 23.3 Å². The van der Waals surface area contributed by atoms with E-state index in [9.17, 15) is 0 Å². The molecule has 7 nitrogen and oxygen atoms in total. The molecule has 1 aromatic rings. The number of hydrogen-bond donors (Lipinski definition) is 2. The predicted molar refractivity (Wildman–Crippen MR) is 130 cm³/mol. The fourth-order valence-corrected chi connectivity index (χ4v) is 3.99. The lowest BCUT2D eigenvalue weighted by atomic mass is 10.2. The van der Waals surface area contributed by atoms with Crippen molar-refractivity contribution in [2.45, 2.75) is 52.3 Å². The highest BCUT2D eigenvalue weighted by atomic mass is 127. The first-order valence-corrected chi connectivity index (χ1v) is 10.8. The molecule has 2 saturated heterocycles. The number of nitrogens with zero attached hydrogens (tertiary/aromatic N) is 4. The highest BCUT2D eigenvalue weighted by Crippen LogP contribution is 2.16. The Bertz CT molecular complexity index is 626. The van der Waals surface area contributed by atoms with E-state index in [1.807, 2.05) is 6.20 Å². The molecule has 8 heteroatoms. The second kappa shape index (κ2) is 12.5. The zero-order valence-corrected chi connectivity index (χ0v) is 20.4. The molecule has 0 radical (unpaired) electrons. The van der Waals surface area contributed by atoms with E-state index in [-0.39, 0.29) is 30.1 Å². The minimum atomic E-state index is 0. The quantitative estimate of drug-likeness (QED) is 0.330. The zero-order chi connectivity index (χ0) is 19.8. The fourth-order valence-electron chi connectivity index (χ4n) is 3.99. The van der Waals surface area contributed by atoms with Gasteiger partial charge in [-0.3, -0.25) is 4.90 Å². The maximum absolute atomic E-state index is 5.61. The van der Waals surface area contributed by atoms with Gasteiger partial charge in [-0.2, -0.15) is 0 Å². The second-order valence-electron chi connectivity index (χ2n) is 7.65. The molecule has 2 aliphatic heterocycles. The molecule has 2 N–H and O–H groups in total. The SMILES string of the molecule is CCNC(=NCc1ccc(N2CCOC(C)C2)nc1)NCC1CCCN1CC.I. The fraction of sp³-hybridized carbons (Fsp3) is 0.714. The number of guanidine groups is 1. The van der Waals surface area contributed by atoms with E-state index in [1.165, 1.54) is 19.4 Å². The van der Waals surface area contributed by atoms with Gasteiger partial charge in [0.1, 0.15) is 5.82 Å². The number of likely N-dealkylation sites (N-methyl/N-ethyl adjacent to an activating group) is 1. The van der Waals surface area contributed by atoms with E-state index in [1.54, 1.807) is 0 Å². The molecule has 1 aromatic heterocycles. The maximum atomic E-state index is 5.61. The van der Waals surface area contributed by atoms with Crippen molar-refractivity contribution in [1.29, 1.82) is 0 Å². The number of hydrogen-bond acceptors (Lipinski definition) is 5. The molecule has 0 aliphatic carbocycles. The van der Waals surface area contributed by atoms with E-state index in [0.717, 1.165) is 56.7 Å². The summed E-state index contributed by atoms with van der Waals surface area (Å²) in [6.45, 7) is 13.8. The summed E-state index contributed by atoms with van der Waals surface area (Å²) in [5.74, 6) is 1.91. The van der Waals surface area contributed by atoms with Crippen molar-refractivity contribution >= 4 is 35.8 Å². The van der Waals surface area contributed by atoms with Crippen LogP contribution in [0.4, 0.5) is 5.82 Å². The van der Waals surface area contributed by atoms with E-state index < -0.39 is 0 Å². The Morgan fingerprint density at radius 1 is 1.28 bits per heavy atom. The second-order valence-corrected chi connectivity index (χ2v) is 7.65. The molecule has 0 aromatic carbocycles. The van der Waals surface area contributed by atoms with Crippen molar-refractivity contribution < 1.29 is 4.74 Å². The third-order valence-electron chi connectivity index (χ3n) is 5.55. The number of morpholine rings is 1. The van der Waals surface area contributed by atoms with Crippen LogP contribution in [0.25, 0.3) is 0 Å². The molecule has 0 bridgehead atoms. The highest BCUT2D eigenvalue weighted by molar-refractivity contribution is 14.0. The van der Waals surface area contributed by atoms with Crippen LogP contribution in [-0.4, -0.2) is 73.9 Å². The van der Waals surface area contributed by atoms with Crippen molar-refractivity contribution in [2.24, 2.45) is 4.99 Å². The number of pyridine rings is 1. The number of aliphatic imine (C=N–C) groups is 1. The van der Waals surface area contributed by atoms with Gasteiger partial charge < -0.3 is 20.3 Å². The van der Waals surface area contributed by atoms with Crippen LogP contribution >= 0.6 is 24.0 Å². The molecule has 2 atom stereocenters. The third kappa shape index (κ3) is 7.25. The van der Waals surface area contributed by atoms with Crippen LogP contribution in [0.1, 0.15) is 39.2 Å². The van der Waals surface area contributed by atoms with Gasteiger partial charge in [0.15, 0.2) is 5.96 Å². The minimum Gasteiger partial charge on any atom is -0.375 e. The molecule has 2 fully saturated rings. The number of ether oxygens (including phenoxy) is 1. The summed E-state index contributed by atoms with van der Waals surface area (Å²) in [7, 11) is 0. The van der Waals surface area contributed by atoms with Crippen LogP contribution < -0.4 is 15.5 Å². The highest BCUT2D eigenvalue weighted by Gasteiger charge is 2.22. The lowest BCUT2D eigenvalue weighted by molar-refractivity contribution is 0.0529. The van der Waals surface area contributed by atoms with Crippen LogP contribution in [0.2, 0.25) is 0 Å². The first-order chi connectivity index (χ1) is 13.7. The molecule has 0 saturated carbocycles. The molecule has 2 aliphatic rings. The van der Waals surface area contributed by atoms with Gasteiger partial charge in [-0.25, -0.2) is 9.98 Å². The van der Waals surface area contributed by atoms with Gasteiger partial charge in [0, 0.05) is 38.4 Å². The van der Waals surface area contributed by atoms with Crippen LogP contribution in [0, 0.1) is 0 Å². The van der Waals surface area contributed by atoms with E-state index in [4.69, 9.17) is 9.73 Å². The normalized spacial score (nSPS) is 23.0. The summed E-state index contributed by atoms with van der Waals surface area (Å²) in [6, 6.07) is 4.84. The number of nitrogens with one attached hydrogen (secondary N) is 2. The first-order valence-electron chi connectivity index (χ1n) is 10.8. The van der Waals surface area contributed by atoms with Gasteiger partial charge in [-0.1, -0.05) is 13.0 Å². The van der Waals surface area contributed by atoms with Crippen molar-refractivity contribution in [1.82, 2.24) is 20.5 Å². The minimum absolute atomic E-state index is 0. The number of likely N-dealkylation sites (tertiary alicyclic amines) is 1. The van der Waals surface area contributed by atoms with Crippen LogP contribution in [0.5, 0.6) is 0 Å². The Kier molecular flexibility index (Phi) is 10.4. The molecule has 0 spiro atoms. The standard InChI is InChI=1S/C21H36N6O.HI/c1-4-22-21(25-15-19-7-6-10-26(19)5-2)24-14-18-8-9-20(23-13-18)27-11-12-28-17(3)16-27;/h8-9,13,17,19H,4-7,10-12,14-16H2,1-3H3,(H2,22,24,25);1H. The van der Waals surface area contributed by atoms with Gasteiger partial charge in [0.25, 0.3) is 0 Å². The molecule has 29 heavy (non-hydrogen) atoms. The molecule has 0 amide bonds. The van der Waals surface area contributed by atoms with Gasteiger partial charge in [0.2, 0.25) is 0 Å². The largest absolute Gasteiger partial charge is 0.375 e. The Morgan fingerprint density at radius 3 is 2.83 bits per heavy atom. The summed E-state index contributed by atoms with van der Waals surface area (Å²) in [6.07, 6.45) is 4.77.